The van der Waals surface area contributed by atoms with Crippen LogP contribution in [0.15, 0.2) is 42.5 Å². The quantitative estimate of drug-likeness (QED) is 0.370. The third kappa shape index (κ3) is 3.07. The second-order valence-corrected chi connectivity index (χ2v) is 4.56. The largest absolute Gasteiger partial charge is 0.421 e. The highest BCUT2D eigenvalue weighted by Gasteiger charge is 2.18. The zero-order valence-corrected chi connectivity index (χ0v) is 11.4. The van der Waals surface area contributed by atoms with Crippen LogP contribution >= 0.6 is 23.2 Å². The summed E-state index contributed by atoms with van der Waals surface area (Å²) < 4.78 is 5.07. The molecule has 0 spiro atoms. The van der Waals surface area contributed by atoms with Crippen LogP contribution in [0.4, 0.5) is 5.69 Å². The van der Waals surface area contributed by atoms with Gasteiger partial charge in [-0.2, -0.15) is 0 Å². The van der Waals surface area contributed by atoms with Crippen molar-refractivity contribution in [2.45, 2.75) is 0 Å². The summed E-state index contributed by atoms with van der Waals surface area (Å²) in [6, 6.07) is 10.1. The summed E-state index contributed by atoms with van der Waals surface area (Å²) in [6.07, 6.45) is 0. The van der Waals surface area contributed by atoms with Crippen molar-refractivity contribution in [1.29, 1.82) is 0 Å². The monoisotopic (exact) mass is 311 g/mol. The molecule has 7 heteroatoms. The number of nitro benzene ring substituents is 1. The van der Waals surface area contributed by atoms with Gasteiger partial charge in [0.2, 0.25) is 0 Å². The Balaban J connectivity index is 2.28. The third-order valence-electron chi connectivity index (χ3n) is 2.42. The molecule has 0 saturated carbocycles. The molecule has 0 aliphatic heterocycles. The van der Waals surface area contributed by atoms with Crippen LogP contribution in [0.3, 0.4) is 0 Å². The van der Waals surface area contributed by atoms with E-state index in [2.05, 4.69) is 0 Å². The fourth-order valence-electron chi connectivity index (χ4n) is 1.47. The van der Waals surface area contributed by atoms with Crippen molar-refractivity contribution >= 4 is 34.9 Å². The molecule has 102 valence electrons. The maximum Gasteiger partial charge on any atom is 0.343 e. The van der Waals surface area contributed by atoms with E-state index < -0.39 is 10.9 Å². The number of nitrogens with zero attached hydrogens (tertiary/aromatic N) is 1. The van der Waals surface area contributed by atoms with Crippen LogP contribution < -0.4 is 4.74 Å². The predicted molar refractivity (Wildman–Crippen MR) is 74.5 cm³/mol. The first-order chi connectivity index (χ1) is 9.49. The molecule has 0 aromatic heterocycles. The fourth-order valence-corrected chi connectivity index (χ4v) is 1.83. The van der Waals surface area contributed by atoms with E-state index in [1.54, 1.807) is 18.2 Å². The van der Waals surface area contributed by atoms with Gasteiger partial charge in [-0.3, -0.25) is 10.1 Å². The molecular weight excluding hydrogens is 305 g/mol. The highest BCUT2D eigenvalue weighted by Crippen LogP contribution is 2.27. The van der Waals surface area contributed by atoms with Crippen molar-refractivity contribution in [3.05, 3.63) is 68.2 Å². The van der Waals surface area contributed by atoms with Crippen LogP contribution in [0, 0.1) is 10.1 Å². The second-order valence-electron chi connectivity index (χ2n) is 3.74. The lowest BCUT2D eigenvalue weighted by molar-refractivity contribution is -0.384. The maximum atomic E-state index is 11.9. The van der Waals surface area contributed by atoms with E-state index in [0.29, 0.717) is 0 Å². The highest BCUT2D eigenvalue weighted by atomic mass is 35.5. The van der Waals surface area contributed by atoms with Gasteiger partial charge in [-0.05, 0) is 24.3 Å². The number of benzene rings is 2. The number of esters is 1. The molecule has 0 aliphatic carbocycles. The molecule has 0 heterocycles. The first kappa shape index (κ1) is 14.3. The average molecular weight is 312 g/mol. The molecule has 0 aliphatic rings. The van der Waals surface area contributed by atoms with Gasteiger partial charge in [0, 0.05) is 6.07 Å². The number of carbonyl (C=O) groups excluding carboxylic acids is 1. The zero-order chi connectivity index (χ0) is 14.7. The molecule has 0 radical (unpaired) electrons. The molecule has 2 aromatic rings. The molecule has 5 nitrogen and oxygen atoms in total. The van der Waals surface area contributed by atoms with Gasteiger partial charge in [0.15, 0.2) is 0 Å². The highest BCUT2D eigenvalue weighted by molar-refractivity contribution is 6.33. The predicted octanol–water partition coefficient (Wildman–Crippen LogP) is 4.12. The number of halogens is 2. The number of hydrogen-bond donors (Lipinski definition) is 0. The van der Waals surface area contributed by atoms with E-state index in [1.807, 2.05) is 0 Å². The number of nitro groups is 1. The van der Waals surface area contributed by atoms with Crippen LogP contribution in [-0.4, -0.2) is 10.9 Å². The summed E-state index contributed by atoms with van der Waals surface area (Å²) in [4.78, 5) is 22.0. The van der Waals surface area contributed by atoms with Gasteiger partial charge >= 0.3 is 5.97 Å². The Morgan fingerprint density at radius 3 is 2.45 bits per heavy atom. The van der Waals surface area contributed by atoms with Crippen molar-refractivity contribution in [3.63, 3.8) is 0 Å². The Morgan fingerprint density at radius 2 is 1.80 bits per heavy atom. The van der Waals surface area contributed by atoms with E-state index in [1.165, 1.54) is 18.2 Å². The number of rotatable bonds is 3. The van der Waals surface area contributed by atoms with Crippen molar-refractivity contribution in [3.8, 4) is 5.75 Å². The van der Waals surface area contributed by atoms with Gasteiger partial charge < -0.3 is 4.74 Å². The van der Waals surface area contributed by atoms with E-state index in [4.69, 9.17) is 27.9 Å². The minimum atomic E-state index is -0.752. The van der Waals surface area contributed by atoms with Crippen molar-refractivity contribution in [2.75, 3.05) is 0 Å². The molecule has 20 heavy (non-hydrogen) atoms. The standard InChI is InChI=1S/C13H7Cl2NO4/c14-9-6-5-8(7-11(9)16(18)19)13(17)20-12-4-2-1-3-10(12)15/h1-7H. The summed E-state index contributed by atoms with van der Waals surface area (Å²) in [6.45, 7) is 0. The second kappa shape index (κ2) is 5.90. The van der Waals surface area contributed by atoms with Crippen molar-refractivity contribution in [1.82, 2.24) is 0 Å². The SMILES string of the molecule is O=C(Oc1ccccc1Cl)c1ccc(Cl)c([N+](=O)[O-])c1. The first-order valence-corrected chi connectivity index (χ1v) is 6.15. The third-order valence-corrected chi connectivity index (χ3v) is 3.05. The van der Waals surface area contributed by atoms with Gasteiger partial charge in [-0.25, -0.2) is 4.79 Å². The Labute approximate surface area is 123 Å². The summed E-state index contributed by atoms with van der Waals surface area (Å²) in [5, 5.41) is 11.0. The van der Waals surface area contributed by atoms with Crippen LogP contribution in [-0.2, 0) is 0 Å². The molecular formula is C13H7Cl2NO4. The molecule has 0 bridgehead atoms. The molecule has 0 unspecified atom stereocenters. The van der Waals surface area contributed by atoms with Gasteiger partial charge in [0.05, 0.1) is 15.5 Å². The normalized spacial score (nSPS) is 10.1. The lowest BCUT2D eigenvalue weighted by Crippen LogP contribution is -2.09. The topological polar surface area (TPSA) is 69.4 Å². The Morgan fingerprint density at radius 1 is 1.10 bits per heavy atom. The molecule has 2 aromatic carbocycles. The summed E-state index contributed by atoms with van der Waals surface area (Å²) in [5.74, 6) is -0.574. The smallest absolute Gasteiger partial charge is 0.343 e. The lowest BCUT2D eigenvalue weighted by Gasteiger charge is -2.06. The van der Waals surface area contributed by atoms with Gasteiger partial charge in [-0.1, -0.05) is 35.3 Å². The van der Waals surface area contributed by atoms with Gasteiger partial charge in [-0.15, -0.1) is 0 Å². The molecule has 2 rings (SSSR count). The number of hydrogen-bond acceptors (Lipinski definition) is 4. The first-order valence-electron chi connectivity index (χ1n) is 5.39. The Bertz CT molecular complexity index is 688. The molecule has 0 saturated heterocycles. The summed E-state index contributed by atoms with van der Waals surface area (Å²) >= 11 is 11.5. The van der Waals surface area contributed by atoms with Crippen molar-refractivity contribution < 1.29 is 14.5 Å². The van der Waals surface area contributed by atoms with Gasteiger partial charge in [0.1, 0.15) is 10.8 Å². The summed E-state index contributed by atoms with van der Waals surface area (Å²) in [5.41, 5.74) is -0.346. The average Bonchev–Trinajstić information content (AvgIpc) is 2.41. The van der Waals surface area contributed by atoms with Crippen LogP contribution in [0.5, 0.6) is 5.75 Å². The van der Waals surface area contributed by atoms with E-state index in [9.17, 15) is 14.9 Å². The van der Waals surface area contributed by atoms with Crippen molar-refractivity contribution in [2.24, 2.45) is 0 Å². The lowest BCUT2D eigenvalue weighted by atomic mass is 10.2. The van der Waals surface area contributed by atoms with Crippen LogP contribution in [0.1, 0.15) is 10.4 Å². The van der Waals surface area contributed by atoms with E-state index in [-0.39, 0.29) is 27.0 Å². The number of carbonyl (C=O) groups is 1. The van der Waals surface area contributed by atoms with E-state index in [0.717, 1.165) is 6.07 Å². The van der Waals surface area contributed by atoms with Gasteiger partial charge in [0.25, 0.3) is 5.69 Å². The van der Waals surface area contributed by atoms with Crippen LogP contribution in [0.2, 0.25) is 10.0 Å². The fraction of sp³-hybridized carbons (Fsp3) is 0. The Hall–Kier alpha value is -2.11. The number of ether oxygens (including phenoxy) is 1. The summed E-state index contributed by atoms with van der Waals surface area (Å²) in [7, 11) is 0. The molecule has 0 fully saturated rings. The molecule has 0 amide bonds. The maximum absolute atomic E-state index is 11.9. The number of para-hydroxylation sites is 1. The zero-order valence-electron chi connectivity index (χ0n) is 9.88. The molecule has 0 N–H and O–H groups in total. The van der Waals surface area contributed by atoms with E-state index >= 15 is 0 Å². The Kier molecular flexibility index (Phi) is 4.22. The minimum absolute atomic E-state index is 0.0148. The molecule has 0 atom stereocenters. The van der Waals surface area contributed by atoms with Crippen LogP contribution in [0.25, 0.3) is 0 Å². The minimum Gasteiger partial charge on any atom is -0.421 e.